The zero-order valence-corrected chi connectivity index (χ0v) is 18.9. The van der Waals surface area contributed by atoms with Crippen molar-refractivity contribution in [2.75, 3.05) is 11.9 Å². The van der Waals surface area contributed by atoms with Gasteiger partial charge in [0.15, 0.2) is 6.61 Å². The second kappa shape index (κ2) is 10.7. The Labute approximate surface area is 193 Å². The van der Waals surface area contributed by atoms with Gasteiger partial charge >= 0.3 is 0 Å². The maximum atomic E-state index is 12.1. The smallest absolute Gasteiger partial charge is 0.271 e. The van der Waals surface area contributed by atoms with E-state index in [0.717, 1.165) is 11.1 Å². The summed E-state index contributed by atoms with van der Waals surface area (Å²) in [6.45, 7) is 1.80. The number of hydrazone groups is 1. The van der Waals surface area contributed by atoms with Crippen molar-refractivity contribution in [2.45, 2.75) is 6.92 Å². The summed E-state index contributed by atoms with van der Waals surface area (Å²) in [4.78, 5) is 24.1. The number of halogens is 2. The Hall–Kier alpha value is -3.16. The average molecular weight is 501 g/mol. The SMILES string of the molecule is Cc1ccc(C(=O)N/N=C/c2ccc(OCC(=O)Nc3ccc(Cl)cc3)c(Br)c2)cc1. The van der Waals surface area contributed by atoms with E-state index < -0.39 is 0 Å². The Bertz CT molecular complexity index is 1100. The van der Waals surface area contributed by atoms with E-state index in [-0.39, 0.29) is 18.4 Å². The molecule has 0 saturated carbocycles. The molecular formula is C23H19BrClN3O3. The summed E-state index contributed by atoms with van der Waals surface area (Å²) in [5, 5.41) is 7.30. The van der Waals surface area contributed by atoms with Crippen molar-refractivity contribution in [1.29, 1.82) is 0 Å². The van der Waals surface area contributed by atoms with Gasteiger partial charge in [-0.05, 0) is 83.0 Å². The van der Waals surface area contributed by atoms with Crippen LogP contribution in [-0.2, 0) is 4.79 Å². The van der Waals surface area contributed by atoms with Gasteiger partial charge in [-0.25, -0.2) is 5.43 Å². The summed E-state index contributed by atoms with van der Waals surface area (Å²) in [6, 6.07) is 19.3. The maximum Gasteiger partial charge on any atom is 0.271 e. The number of hydrogen-bond donors (Lipinski definition) is 2. The number of amides is 2. The van der Waals surface area contributed by atoms with E-state index in [1.165, 1.54) is 6.21 Å². The fourth-order valence-electron chi connectivity index (χ4n) is 2.52. The lowest BCUT2D eigenvalue weighted by atomic mass is 10.1. The van der Waals surface area contributed by atoms with Crippen LogP contribution < -0.4 is 15.5 Å². The van der Waals surface area contributed by atoms with Gasteiger partial charge in [-0.3, -0.25) is 9.59 Å². The lowest BCUT2D eigenvalue weighted by Crippen LogP contribution is -2.20. The summed E-state index contributed by atoms with van der Waals surface area (Å²) in [6.07, 6.45) is 1.52. The summed E-state index contributed by atoms with van der Waals surface area (Å²) in [7, 11) is 0. The highest BCUT2D eigenvalue weighted by atomic mass is 79.9. The number of carbonyl (C=O) groups excluding carboxylic acids is 2. The molecular weight excluding hydrogens is 482 g/mol. The number of carbonyl (C=O) groups is 2. The standard InChI is InChI=1S/C23H19BrClN3O3/c1-15-2-5-17(6-3-15)23(30)28-26-13-16-4-11-21(20(24)12-16)31-14-22(29)27-19-9-7-18(25)8-10-19/h2-13H,14H2,1H3,(H,27,29)(H,28,30)/b26-13+. The van der Waals surface area contributed by atoms with Crippen molar-refractivity contribution in [1.82, 2.24) is 5.43 Å². The summed E-state index contributed by atoms with van der Waals surface area (Å²) in [5.74, 6) is -0.0762. The van der Waals surface area contributed by atoms with Crippen molar-refractivity contribution >= 4 is 51.2 Å². The molecule has 0 aliphatic carbocycles. The van der Waals surface area contributed by atoms with Crippen molar-refractivity contribution in [3.05, 3.63) is 92.9 Å². The van der Waals surface area contributed by atoms with E-state index in [0.29, 0.717) is 26.5 Å². The molecule has 0 atom stereocenters. The molecule has 3 aromatic carbocycles. The first-order valence-corrected chi connectivity index (χ1v) is 10.5. The third-order valence-electron chi connectivity index (χ3n) is 4.14. The van der Waals surface area contributed by atoms with E-state index in [2.05, 4.69) is 31.8 Å². The molecule has 0 spiro atoms. The molecule has 2 amide bonds. The molecule has 0 fully saturated rings. The third-order valence-corrected chi connectivity index (χ3v) is 5.01. The van der Waals surface area contributed by atoms with Crippen LogP contribution in [0.3, 0.4) is 0 Å². The minimum atomic E-state index is -0.293. The first-order chi connectivity index (χ1) is 14.9. The van der Waals surface area contributed by atoms with Crippen LogP contribution in [-0.4, -0.2) is 24.6 Å². The molecule has 0 aliphatic rings. The zero-order valence-electron chi connectivity index (χ0n) is 16.6. The molecule has 158 valence electrons. The van der Waals surface area contributed by atoms with Crippen molar-refractivity contribution in [3.8, 4) is 5.75 Å². The second-order valence-electron chi connectivity index (χ2n) is 6.60. The van der Waals surface area contributed by atoms with Gasteiger partial charge in [0.2, 0.25) is 0 Å². The van der Waals surface area contributed by atoms with E-state index in [9.17, 15) is 9.59 Å². The number of aryl methyl sites for hydroxylation is 1. The summed E-state index contributed by atoms with van der Waals surface area (Å²) in [5.41, 5.74) is 5.48. The van der Waals surface area contributed by atoms with Crippen LogP contribution in [0.25, 0.3) is 0 Å². The van der Waals surface area contributed by atoms with Crippen LogP contribution in [0.2, 0.25) is 5.02 Å². The Kier molecular flexibility index (Phi) is 7.81. The van der Waals surface area contributed by atoms with E-state index >= 15 is 0 Å². The second-order valence-corrected chi connectivity index (χ2v) is 7.89. The van der Waals surface area contributed by atoms with E-state index in [4.69, 9.17) is 16.3 Å². The number of ether oxygens (including phenoxy) is 1. The molecule has 2 N–H and O–H groups in total. The average Bonchev–Trinajstić information content (AvgIpc) is 2.75. The molecule has 0 saturated heterocycles. The number of hydrogen-bond acceptors (Lipinski definition) is 4. The molecule has 0 bridgehead atoms. The highest BCUT2D eigenvalue weighted by molar-refractivity contribution is 9.10. The first kappa shape index (κ1) is 22.5. The Morgan fingerprint density at radius 2 is 1.77 bits per heavy atom. The number of anilines is 1. The van der Waals surface area contributed by atoms with Crippen LogP contribution in [0.1, 0.15) is 21.5 Å². The zero-order chi connectivity index (χ0) is 22.2. The molecule has 0 radical (unpaired) electrons. The lowest BCUT2D eigenvalue weighted by Gasteiger charge is -2.09. The Balaban J connectivity index is 1.51. The first-order valence-electron chi connectivity index (χ1n) is 9.28. The molecule has 0 aromatic heterocycles. The fraction of sp³-hybridized carbons (Fsp3) is 0.0870. The van der Waals surface area contributed by atoms with Crippen LogP contribution in [0.5, 0.6) is 5.75 Å². The minimum absolute atomic E-state index is 0.152. The highest BCUT2D eigenvalue weighted by Gasteiger charge is 2.07. The van der Waals surface area contributed by atoms with Gasteiger partial charge in [0.25, 0.3) is 11.8 Å². The molecule has 6 nitrogen and oxygen atoms in total. The van der Waals surface area contributed by atoms with Crippen molar-refractivity contribution < 1.29 is 14.3 Å². The van der Waals surface area contributed by atoms with Crippen LogP contribution in [0, 0.1) is 6.92 Å². The molecule has 0 heterocycles. The number of benzene rings is 3. The van der Waals surface area contributed by atoms with Gasteiger partial charge in [0.1, 0.15) is 5.75 Å². The van der Waals surface area contributed by atoms with Gasteiger partial charge < -0.3 is 10.1 Å². The topological polar surface area (TPSA) is 79.8 Å². The molecule has 0 unspecified atom stereocenters. The Morgan fingerprint density at radius 1 is 1.06 bits per heavy atom. The summed E-state index contributed by atoms with van der Waals surface area (Å²) < 4.78 is 6.21. The highest BCUT2D eigenvalue weighted by Crippen LogP contribution is 2.25. The van der Waals surface area contributed by atoms with Gasteiger partial charge in [-0.1, -0.05) is 29.3 Å². The largest absolute Gasteiger partial charge is 0.483 e. The number of nitrogens with one attached hydrogen (secondary N) is 2. The molecule has 3 aromatic rings. The normalized spacial score (nSPS) is 10.7. The van der Waals surface area contributed by atoms with Gasteiger partial charge in [-0.2, -0.15) is 5.10 Å². The van der Waals surface area contributed by atoms with Crippen molar-refractivity contribution in [3.63, 3.8) is 0 Å². The van der Waals surface area contributed by atoms with E-state index in [1.807, 2.05) is 19.1 Å². The maximum absolute atomic E-state index is 12.1. The third kappa shape index (κ3) is 6.94. The predicted octanol–water partition coefficient (Wildman–Crippen LogP) is 5.19. The lowest BCUT2D eigenvalue weighted by molar-refractivity contribution is -0.118. The monoisotopic (exact) mass is 499 g/mol. The molecule has 31 heavy (non-hydrogen) atoms. The van der Waals surface area contributed by atoms with Crippen molar-refractivity contribution in [2.24, 2.45) is 5.10 Å². The minimum Gasteiger partial charge on any atom is -0.483 e. The number of rotatable bonds is 7. The molecule has 8 heteroatoms. The number of nitrogens with zero attached hydrogens (tertiary/aromatic N) is 1. The predicted molar refractivity (Wildman–Crippen MR) is 126 cm³/mol. The van der Waals surface area contributed by atoms with Gasteiger partial charge in [-0.15, -0.1) is 0 Å². The summed E-state index contributed by atoms with van der Waals surface area (Å²) >= 11 is 9.24. The molecule has 0 aliphatic heterocycles. The quantitative estimate of drug-likeness (QED) is 0.346. The van der Waals surface area contributed by atoms with Crippen LogP contribution in [0.15, 0.2) is 76.3 Å². The van der Waals surface area contributed by atoms with Gasteiger partial charge in [0, 0.05) is 16.3 Å². The molecule has 3 rings (SSSR count). The van der Waals surface area contributed by atoms with Crippen LogP contribution >= 0.6 is 27.5 Å². The van der Waals surface area contributed by atoms with Gasteiger partial charge in [0.05, 0.1) is 10.7 Å². The fourth-order valence-corrected chi connectivity index (χ4v) is 3.16. The van der Waals surface area contributed by atoms with Crippen LogP contribution in [0.4, 0.5) is 5.69 Å². The Morgan fingerprint density at radius 3 is 2.45 bits per heavy atom. The van der Waals surface area contributed by atoms with E-state index in [1.54, 1.807) is 54.6 Å².